The van der Waals surface area contributed by atoms with Crippen molar-refractivity contribution in [1.29, 1.82) is 0 Å². The Morgan fingerprint density at radius 2 is 1.98 bits per heavy atom. The number of carbonyl (C=O) groups is 2. The van der Waals surface area contributed by atoms with E-state index in [2.05, 4.69) is 44.6 Å². The summed E-state index contributed by atoms with van der Waals surface area (Å²) >= 11 is 0. The van der Waals surface area contributed by atoms with Crippen molar-refractivity contribution in [2.75, 3.05) is 46.2 Å². The van der Waals surface area contributed by atoms with Gasteiger partial charge in [-0.05, 0) is 56.3 Å². The van der Waals surface area contributed by atoms with Crippen LogP contribution in [0.15, 0.2) is 36.7 Å². The number of methoxy groups -OCH3 is 1. The lowest BCUT2D eigenvalue weighted by molar-refractivity contribution is -0.139. The van der Waals surface area contributed by atoms with Gasteiger partial charge in [0, 0.05) is 30.8 Å². The number of halogens is 3. The molecule has 1 aromatic heterocycles. The van der Waals surface area contributed by atoms with Gasteiger partial charge in [-0.3, -0.25) is 9.59 Å². The molecule has 1 aliphatic heterocycles. The van der Waals surface area contributed by atoms with Gasteiger partial charge in [0.25, 0.3) is 11.8 Å². The molecule has 41 heavy (non-hydrogen) atoms. The molecule has 3 aromatic rings. The molecule has 12 heteroatoms. The number of benzene rings is 2. The highest BCUT2D eigenvalue weighted by Gasteiger charge is 2.30. The van der Waals surface area contributed by atoms with Crippen molar-refractivity contribution >= 4 is 28.5 Å². The number of hydrogen-bond donors (Lipinski definition) is 3. The van der Waals surface area contributed by atoms with Crippen LogP contribution in [0.1, 0.15) is 39.6 Å². The number of fused-ring (bicyclic) bond motifs is 1. The first-order valence-corrected chi connectivity index (χ1v) is 13.2. The van der Waals surface area contributed by atoms with Gasteiger partial charge >= 0.3 is 6.18 Å². The Morgan fingerprint density at radius 3 is 2.66 bits per heavy atom. The molecule has 0 unspecified atom stereocenters. The molecular formula is C29H33F3N6O3. The highest BCUT2D eigenvalue weighted by Crippen LogP contribution is 2.27. The number of nitrogens with zero attached hydrogens (tertiary/aromatic N) is 3. The van der Waals surface area contributed by atoms with Crippen molar-refractivity contribution in [2.24, 2.45) is 5.92 Å². The van der Waals surface area contributed by atoms with Crippen molar-refractivity contribution < 1.29 is 27.5 Å². The van der Waals surface area contributed by atoms with Gasteiger partial charge in [0.05, 0.1) is 36.7 Å². The number of ether oxygens (including phenoxy) is 1. The highest BCUT2D eigenvalue weighted by atomic mass is 19.4. The quantitative estimate of drug-likeness (QED) is 0.376. The Labute approximate surface area is 236 Å². The van der Waals surface area contributed by atoms with Crippen LogP contribution in [0.25, 0.3) is 11.0 Å². The summed E-state index contributed by atoms with van der Waals surface area (Å²) in [5.74, 6) is 5.96. The number of alkyl halides is 3. The maximum Gasteiger partial charge on any atom is 0.406 e. The summed E-state index contributed by atoms with van der Waals surface area (Å²) in [4.78, 5) is 31.8. The molecule has 218 valence electrons. The Bertz CT molecular complexity index is 1490. The van der Waals surface area contributed by atoms with Crippen LogP contribution in [-0.2, 0) is 6.54 Å². The fraction of sp³-hybridized carbons (Fsp3) is 0.414. The second-order valence-electron chi connectivity index (χ2n) is 10.1. The van der Waals surface area contributed by atoms with Crippen LogP contribution in [0.5, 0.6) is 5.75 Å². The van der Waals surface area contributed by atoms with Crippen LogP contribution in [0.2, 0.25) is 0 Å². The average molecular weight is 571 g/mol. The van der Waals surface area contributed by atoms with Crippen molar-refractivity contribution in [3.8, 4) is 17.6 Å². The Kier molecular flexibility index (Phi) is 9.08. The SMILES string of the molecule is CNC(=O)c1ccc(OC)c(NCC#Cc2cc(C(=O)N[C@@H]3CCN(C)C[C@@H]3C)c3ncn(CC(F)(F)F)c3c2)c1. The van der Waals surface area contributed by atoms with Gasteiger partial charge in [-0.15, -0.1) is 0 Å². The molecule has 2 amide bonds. The summed E-state index contributed by atoms with van der Waals surface area (Å²) in [5, 5.41) is 8.72. The molecule has 0 bridgehead atoms. The van der Waals surface area contributed by atoms with Gasteiger partial charge in [0.1, 0.15) is 17.8 Å². The maximum atomic E-state index is 13.4. The van der Waals surface area contributed by atoms with Crippen LogP contribution < -0.4 is 20.7 Å². The van der Waals surface area contributed by atoms with E-state index in [9.17, 15) is 22.8 Å². The van der Waals surface area contributed by atoms with E-state index in [1.807, 2.05) is 7.05 Å². The fourth-order valence-corrected chi connectivity index (χ4v) is 4.96. The molecule has 2 atom stereocenters. The molecule has 0 radical (unpaired) electrons. The number of likely N-dealkylation sites (tertiary alicyclic amines) is 1. The normalized spacial score (nSPS) is 17.4. The summed E-state index contributed by atoms with van der Waals surface area (Å²) in [7, 11) is 5.06. The molecule has 0 aliphatic carbocycles. The van der Waals surface area contributed by atoms with E-state index in [1.54, 1.807) is 24.3 Å². The van der Waals surface area contributed by atoms with E-state index in [1.165, 1.54) is 20.2 Å². The molecule has 2 aromatic carbocycles. The van der Waals surface area contributed by atoms with E-state index in [0.29, 0.717) is 22.6 Å². The summed E-state index contributed by atoms with van der Waals surface area (Å²) in [6.45, 7) is 2.62. The Morgan fingerprint density at radius 1 is 1.20 bits per heavy atom. The number of hydrogen-bond acceptors (Lipinski definition) is 6. The first-order chi connectivity index (χ1) is 19.5. The molecule has 1 fully saturated rings. The number of aromatic nitrogens is 2. The lowest BCUT2D eigenvalue weighted by atomic mass is 9.93. The van der Waals surface area contributed by atoms with E-state index in [-0.39, 0.29) is 41.0 Å². The summed E-state index contributed by atoms with van der Waals surface area (Å²) in [6.07, 6.45) is -2.60. The van der Waals surface area contributed by atoms with Crippen molar-refractivity contribution in [2.45, 2.75) is 32.1 Å². The predicted molar refractivity (Wildman–Crippen MR) is 150 cm³/mol. The van der Waals surface area contributed by atoms with Gasteiger partial charge in [-0.25, -0.2) is 4.98 Å². The van der Waals surface area contributed by atoms with Gasteiger partial charge in [-0.2, -0.15) is 13.2 Å². The zero-order chi connectivity index (χ0) is 29.7. The predicted octanol–water partition coefficient (Wildman–Crippen LogP) is 3.50. The van der Waals surface area contributed by atoms with Gasteiger partial charge < -0.3 is 30.2 Å². The smallest absolute Gasteiger partial charge is 0.406 e. The minimum absolute atomic E-state index is 0.0644. The number of rotatable bonds is 7. The lowest BCUT2D eigenvalue weighted by Crippen LogP contribution is -2.48. The van der Waals surface area contributed by atoms with Gasteiger partial charge in [0.15, 0.2) is 0 Å². The molecule has 1 aliphatic rings. The van der Waals surface area contributed by atoms with Gasteiger partial charge in [0.2, 0.25) is 0 Å². The minimum atomic E-state index is -4.46. The summed E-state index contributed by atoms with van der Waals surface area (Å²) < 4.78 is 46.1. The number of imidazole rings is 1. The van der Waals surface area contributed by atoms with E-state index >= 15 is 0 Å². The van der Waals surface area contributed by atoms with Crippen LogP contribution in [0, 0.1) is 17.8 Å². The lowest BCUT2D eigenvalue weighted by Gasteiger charge is -2.35. The third-order valence-corrected chi connectivity index (χ3v) is 7.03. The van der Waals surface area contributed by atoms with E-state index in [4.69, 9.17) is 4.74 Å². The Balaban J connectivity index is 1.62. The minimum Gasteiger partial charge on any atom is -0.495 e. The number of piperidine rings is 1. The molecule has 9 nitrogen and oxygen atoms in total. The van der Waals surface area contributed by atoms with Crippen LogP contribution in [0.4, 0.5) is 18.9 Å². The molecular weight excluding hydrogens is 537 g/mol. The van der Waals surface area contributed by atoms with Crippen LogP contribution in [-0.4, -0.2) is 79.3 Å². The summed E-state index contributed by atoms with van der Waals surface area (Å²) in [5.41, 5.74) is 1.88. The third kappa shape index (κ3) is 7.29. The average Bonchev–Trinajstić information content (AvgIpc) is 3.32. The van der Waals surface area contributed by atoms with E-state index in [0.717, 1.165) is 30.4 Å². The van der Waals surface area contributed by atoms with Crippen molar-refractivity contribution in [3.05, 3.63) is 53.3 Å². The molecule has 2 heterocycles. The molecule has 4 rings (SSSR count). The molecule has 0 saturated carbocycles. The van der Waals surface area contributed by atoms with Crippen LogP contribution >= 0.6 is 0 Å². The standard InChI is InChI=1S/C29H33F3N6O3/c1-18-15-37(3)11-9-22(18)36-28(40)21-12-19(13-24-26(21)35-17-38(24)16-29(30,31)32)6-5-10-34-23-14-20(27(39)33-2)7-8-25(23)41-4/h7-8,12-14,17-18,22,34H,9-11,15-16H2,1-4H3,(H,33,39)(H,36,40)/t18-,22+/m0/s1. The summed E-state index contributed by atoms with van der Waals surface area (Å²) in [6, 6.07) is 7.92. The van der Waals surface area contributed by atoms with Crippen molar-refractivity contribution in [3.63, 3.8) is 0 Å². The van der Waals surface area contributed by atoms with Crippen molar-refractivity contribution in [1.82, 2.24) is 25.1 Å². The van der Waals surface area contributed by atoms with E-state index < -0.39 is 18.6 Å². The second kappa shape index (κ2) is 12.5. The number of nitrogens with one attached hydrogen (secondary N) is 3. The van der Waals surface area contributed by atoms with Gasteiger partial charge in [-0.1, -0.05) is 18.8 Å². The third-order valence-electron chi connectivity index (χ3n) is 7.03. The zero-order valence-corrected chi connectivity index (χ0v) is 23.4. The largest absolute Gasteiger partial charge is 0.495 e. The first-order valence-electron chi connectivity index (χ1n) is 13.2. The number of amides is 2. The zero-order valence-electron chi connectivity index (χ0n) is 23.4. The first kappa shape index (κ1) is 29.7. The maximum absolute atomic E-state index is 13.4. The monoisotopic (exact) mass is 570 g/mol. The number of anilines is 1. The molecule has 3 N–H and O–H groups in total. The molecule has 0 spiro atoms. The fourth-order valence-electron chi connectivity index (χ4n) is 4.96. The molecule has 1 saturated heterocycles. The van der Waals surface area contributed by atoms with Crippen LogP contribution in [0.3, 0.4) is 0 Å². The Hall–Kier alpha value is -4.24. The number of carbonyl (C=O) groups excluding carboxylic acids is 2. The highest BCUT2D eigenvalue weighted by molar-refractivity contribution is 6.05. The second-order valence-corrected chi connectivity index (χ2v) is 10.1. The topological polar surface area (TPSA) is 101 Å².